The van der Waals surface area contributed by atoms with Crippen molar-refractivity contribution < 1.29 is 4.79 Å². The van der Waals surface area contributed by atoms with Crippen LogP contribution in [0.4, 0.5) is 5.69 Å². The van der Waals surface area contributed by atoms with Crippen molar-refractivity contribution in [1.82, 2.24) is 19.3 Å². The van der Waals surface area contributed by atoms with E-state index in [1.165, 1.54) is 0 Å². The van der Waals surface area contributed by atoms with Gasteiger partial charge in [0.15, 0.2) is 0 Å². The van der Waals surface area contributed by atoms with E-state index in [9.17, 15) is 4.79 Å². The van der Waals surface area contributed by atoms with Gasteiger partial charge in [0.05, 0.1) is 11.0 Å². The number of rotatable bonds is 4. The van der Waals surface area contributed by atoms with Crippen LogP contribution in [0.1, 0.15) is 17.4 Å². The summed E-state index contributed by atoms with van der Waals surface area (Å²) < 4.78 is 3.69. The predicted octanol–water partition coefficient (Wildman–Crippen LogP) is 3.49. The van der Waals surface area contributed by atoms with Crippen LogP contribution in [0, 0.1) is 0 Å². The third kappa shape index (κ3) is 2.78. The van der Waals surface area contributed by atoms with Crippen molar-refractivity contribution in [2.24, 2.45) is 0 Å². The summed E-state index contributed by atoms with van der Waals surface area (Å²) in [6, 6.07) is 17.4. The second-order valence-corrected chi connectivity index (χ2v) is 5.64. The molecule has 0 aliphatic heterocycles. The number of hydrogen-bond donors (Lipinski definition) is 1. The summed E-state index contributed by atoms with van der Waals surface area (Å²) in [6.45, 7) is 2.61. The molecule has 0 radical (unpaired) electrons. The molecule has 124 valence electrons. The Balaban J connectivity index is 1.57. The average molecular weight is 331 g/mol. The fourth-order valence-electron chi connectivity index (χ4n) is 2.84. The molecule has 0 fully saturated rings. The van der Waals surface area contributed by atoms with Crippen LogP contribution in [0.3, 0.4) is 0 Å². The van der Waals surface area contributed by atoms with Gasteiger partial charge in [-0.15, -0.1) is 0 Å². The summed E-state index contributed by atoms with van der Waals surface area (Å²) in [4.78, 5) is 16.8. The van der Waals surface area contributed by atoms with Crippen LogP contribution in [0.15, 0.2) is 67.1 Å². The van der Waals surface area contributed by atoms with Crippen molar-refractivity contribution in [2.45, 2.75) is 13.5 Å². The van der Waals surface area contributed by atoms with E-state index in [0.717, 1.165) is 22.4 Å². The molecule has 1 N–H and O–H groups in total. The summed E-state index contributed by atoms with van der Waals surface area (Å²) in [7, 11) is 0. The fourth-order valence-corrected chi connectivity index (χ4v) is 2.84. The molecular weight excluding hydrogens is 314 g/mol. The average Bonchev–Trinajstić information content (AvgIpc) is 3.29. The van der Waals surface area contributed by atoms with Crippen molar-refractivity contribution in [3.05, 3.63) is 72.8 Å². The van der Waals surface area contributed by atoms with E-state index in [2.05, 4.69) is 15.4 Å². The Morgan fingerprint density at radius 3 is 2.68 bits per heavy atom. The molecule has 0 bridgehead atoms. The molecule has 0 unspecified atom stereocenters. The van der Waals surface area contributed by atoms with Crippen LogP contribution >= 0.6 is 0 Å². The summed E-state index contributed by atoms with van der Waals surface area (Å²) in [5.41, 5.74) is 4.28. The molecular formula is C19H17N5O. The quantitative estimate of drug-likeness (QED) is 0.622. The van der Waals surface area contributed by atoms with E-state index in [1.54, 1.807) is 23.3 Å². The first-order chi connectivity index (χ1) is 12.3. The second-order valence-electron chi connectivity index (χ2n) is 5.64. The van der Waals surface area contributed by atoms with E-state index in [-0.39, 0.29) is 5.91 Å². The van der Waals surface area contributed by atoms with Gasteiger partial charge in [-0.3, -0.25) is 14.0 Å². The normalized spacial score (nSPS) is 10.9. The third-order valence-corrected chi connectivity index (χ3v) is 4.11. The number of benzene rings is 2. The number of imidazole rings is 1. The molecule has 6 heteroatoms. The highest BCUT2D eigenvalue weighted by molar-refractivity contribution is 6.03. The summed E-state index contributed by atoms with van der Waals surface area (Å²) in [5.74, 6) is -0.166. The Morgan fingerprint density at radius 1 is 1.08 bits per heavy atom. The molecule has 0 spiro atoms. The number of nitrogens with zero attached hydrogens (tertiary/aromatic N) is 4. The van der Waals surface area contributed by atoms with Gasteiger partial charge in [-0.2, -0.15) is 5.10 Å². The van der Waals surface area contributed by atoms with Crippen LogP contribution in [-0.4, -0.2) is 25.2 Å². The molecule has 0 atom stereocenters. The Bertz CT molecular complexity index is 1030. The predicted molar refractivity (Wildman–Crippen MR) is 96.9 cm³/mol. The molecule has 1 amide bonds. The van der Waals surface area contributed by atoms with Gasteiger partial charge < -0.3 is 5.32 Å². The maximum absolute atomic E-state index is 12.4. The van der Waals surface area contributed by atoms with Gasteiger partial charge in [0.25, 0.3) is 5.91 Å². The zero-order chi connectivity index (χ0) is 17.2. The number of para-hydroxylation sites is 2. The number of hydrogen-bond acceptors (Lipinski definition) is 3. The molecule has 25 heavy (non-hydrogen) atoms. The first kappa shape index (κ1) is 15.1. The molecule has 2 heterocycles. The van der Waals surface area contributed by atoms with Crippen LogP contribution in [0.5, 0.6) is 0 Å². The van der Waals surface area contributed by atoms with Crippen LogP contribution < -0.4 is 5.32 Å². The molecule has 4 rings (SSSR count). The summed E-state index contributed by atoms with van der Waals surface area (Å²) >= 11 is 0. The van der Waals surface area contributed by atoms with E-state index in [1.807, 2.05) is 60.0 Å². The largest absolute Gasteiger partial charge is 0.321 e. The van der Waals surface area contributed by atoms with Gasteiger partial charge in [0.2, 0.25) is 0 Å². The van der Waals surface area contributed by atoms with Crippen LogP contribution in [0.25, 0.3) is 16.7 Å². The van der Waals surface area contributed by atoms with Gasteiger partial charge in [0.1, 0.15) is 12.0 Å². The SMILES string of the molecule is CCn1nccc1C(=O)Nc1ccc(-n2cnc3ccccc32)cc1. The number of aryl methyl sites for hydroxylation is 1. The van der Waals surface area contributed by atoms with E-state index in [4.69, 9.17) is 0 Å². The lowest BCUT2D eigenvalue weighted by atomic mass is 10.2. The number of amides is 1. The summed E-state index contributed by atoms with van der Waals surface area (Å²) in [5, 5.41) is 7.02. The van der Waals surface area contributed by atoms with Crippen molar-refractivity contribution in [1.29, 1.82) is 0 Å². The maximum Gasteiger partial charge on any atom is 0.273 e. The molecule has 6 nitrogen and oxygen atoms in total. The Hall–Kier alpha value is -3.41. The minimum absolute atomic E-state index is 0.166. The van der Waals surface area contributed by atoms with Gasteiger partial charge in [0, 0.05) is 24.1 Å². The van der Waals surface area contributed by atoms with Crippen molar-refractivity contribution in [3.63, 3.8) is 0 Å². The Morgan fingerprint density at radius 2 is 1.88 bits per heavy atom. The summed E-state index contributed by atoms with van der Waals surface area (Å²) in [6.07, 6.45) is 3.43. The number of aromatic nitrogens is 4. The van der Waals surface area contributed by atoms with Gasteiger partial charge in [-0.1, -0.05) is 12.1 Å². The van der Waals surface area contributed by atoms with Crippen molar-refractivity contribution in [2.75, 3.05) is 5.32 Å². The highest BCUT2D eigenvalue weighted by Crippen LogP contribution is 2.20. The Labute approximate surface area is 144 Å². The van der Waals surface area contributed by atoms with E-state index < -0.39 is 0 Å². The monoisotopic (exact) mass is 331 g/mol. The number of carbonyl (C=O) groups excluding carboxylic acids is 1. The number of carbonyl (C=O) groups is 1. The standard InChI is InChI=1S/C19H17N5O/c1-2-24-18(11-12-21-24)19(25)22-14-7-9-15(10-8-14)23-13-20-16-5-3-4-6-17(16)23/h3-13H,2H2,1H3,(H,22,25). The zero-order valence-electron chi connectivity index (χ0n) is 13.8. The smallest absolute Gasteiger partial charge is 0.273 e. The zero-order valence-corrected chi connectivity index (χ0v) is 13.8. The fraction of sp³-hybridized carbons (Fsp3) is 0.105. The van der Waals surface area contributed by atoms with Crippen LogP contribution in [-0.2, 0) is 6.54 Å². The molecule has 2 aromatic heterocycles. The molecule has 0 saturated heterocycles. The number of anilines is 1. The Kier molecular flexibility index (Phi) is 3.78. The highest BCUT2D eigenvalue weighted by atomic mass is 16.2. The van der Waals surface area contributed by atoms with Gasteiger partial charge >= 0.3 is 0 Å². The topological polar surface area (TPSA) is 64.7 Å². The van der Waals surface area contributed by atoms with Crippen LogP contribution in [0.2, 0.25) is 0 Å². The first-order valence-electron chi connectivity index (χ1n) is 8.12. The minimum atomic E-state index is -0.166. The molecule has 0 aliphatic carbocycles. The third-order valence-electron chi connectivity index (χ3n) is 4.11. The van der Waals surface area contributed by atoms with Gasteiger partial charge in [-0.05, 0) is 49.4 Å². The molecule has 2 aromatic carbocycles. The van der Waals surface area contributed by atoms with Crippen molar-refractivity contribution >= 4 is 22.6 Å². The second kappa shape index (κ2) is 6.24. The van der Waals surface area contributed by atoms with Crippen molar-refractivity contribution in [3.8, 4) is 5.69 Å². The number of nitrogens with one attached hydrogen (secondary N) is 1. The molecule has 0 aliphatic rings. The van der Waals surface area contributed by atoms with E-state index >= 15 is 0 Å². The minimum Gasteiger partial charge on any atom is -0.321 e. The lowest BCUT2D eigenvalue weighted by molar-refractivity contribution is 0.101. The number of fused-ring (bicyclic) bond motifs is 1. The molecule has 0 saturated carbocycles. The highest BCUT2D eigenvalue weighted by Gasteiger charge is 2.11. The lowest BCUT2D eigenvalue weighted by Crippen LogP contribution is -2.17. The first-order valence-corrected chi connectivity index (χ1v) is 8.12. The maximum atomic E-state index is 12.4. The van der Waals surface area contributed by atoms with E-state index in [0.29, 0.717) is 12.2 Å². The lowest BCUT2D eigenvalue weighted by Gasteiger charge is -2.09. The van der Waals surface area contributed by atoms with Gasteiger partial charge in [-0.25, -0.2) is 4.98 Å². The molecule has 4 aromatic rings.